The van der Waals surface area contributed by atoms with Gasteiger partial charge in [-0.1, -0.05) is 23.7 Å². The van der Waals surface area contributed by atoms with E-state index in [0.29, 0.717) is 10.0 Å². The second-order valence-corrected chi connectivity index (χ2v) is 7.33. The Kier molecular flexibility index (Phi) is 7.11. The van der Waals surface area contributed by atoms with Crippen LogP contribution in [-0.4, -0.2) is 31.7 Å². The lowest BCUT2D eigenvalue weighted by Crippen LogP contribution is -2.37. The quantitative estimate of drug-likeness (QED) is 0.590. The fraction of sp³-hybridized carbons (Fsp3) is 0.250. The maximum absolute atomic E-state index is 12.0. The summed E-state index contributed by atoms with van der Waals surface area (Å²) < 4.78 is 5.98. The van der Waals surface area contributed by atoms with Crippen molar-refractivity contribution < 1.29 is 14.3 Å². The number of anilines is 1. The topological polar surface area (TPSA) is 67.4 Å². The highest BCUT2D eigenvalue weighted by Crippen LogP contribution is 2.28. The molecule has 0 radical (unpaired) electrons. The van der Waals surface area contributed by atoms with Crippen molar-refractivity contribution >= 4 is 52.2 Å². The van der Waals surface area contributed by atoms with Crippen LogP contribution < -0.4 is 10.6 Å². The van der Waals surface area contributed by atoms with Crippen LogP contribution in [0.4, 0.5) is 5.69 Å². The molecule has 2 rings (SSSR count). The van der Waals surface area contributed by atoms with E-state index in [2.05, 4.69) is 10.6 Å². The van der Waals surface area contributed by atoms with E-state index in [9.17, 15) is 9.59 Å². The van der Waals surface area contributed by atoms with Gasteiger partial charge in [0.15, 0.2) is 0 Å². The van der Waals surface area contributed by atoms with Crippen molar-refractivity contribution in [2.45, 2.75) is 11.0 Å². The second-order valence-electron chi connectivity index (χ2n) is 4.73. The Morgan fingerprint density at radius 2 is 2.00 bits per heavy atom. The van der Waals surface area contributed by atoms with Crippen LogP contribution in [0, 0.1) is 0 Å². The normalized spacial score (nSPS) is 11.8. The van der Waals surface area contributed by atoms with Gasteiger partial charge >= 0.3 is 11.8 Å². The first-order chi connectivity index (χ1) is 11.5. The molecule has 2 aromatic rings. The summed E-state index contributed by atoms with van der Waals surface area (Å²) >= 11 is 8.77. The highest BCUT2D eigenvalue weighted by molar-refractivity contribution is 7.98. The van der Waals surface area contributed by atoms with E-state index in [1.165, 1.54) is 23.1 Å². The number of carbonyl (C=O) groups is 2. The number of hydrogen-bond acceptors (Lipinski definition) is 5. The number of ether oxygens (including phenoxy) is 1. The Hall–Kier alpha value is -1.54. The number of thioether (sulfide) groups is 1. The number of hydrogen-bond donors (Lipinski definition) is 2. The van der Waals surface area contributed by atoms with E-state index < -0.39 is 11.8 Å². The molecule has 0 aliphatic heterocycles. The molecule has 2 amide bonds. The zero-order valence-corrected chi connectivity index (χ0v) is 15.6. The Balaban J connectivity index is 1.92. The molecule has 0 spiro atoms. The molecule has 1 aromatic heterocycles. The fourth-order valence-electron chi connectivity index (χ4n) is 1.99. The van der Waals surface area contributed by atoms with E-state index in [0.717, 1.165) is 9.77 Å². The molecule has 1 aromatic carbocycles. The zero-order valence-electron chi connectivity index (χ0n) is 13.2. The average Bonchev–Trinajstić information content (AvgIpc) is 3.02. The summed E-state index contributed by atoms with van der Waals surface area (Å²) in [5.41, 5.74) is 0.610. The van der Waals surface area contributed by atoms with E-state index in [4.69, 9.17) is 16.3 Å². The number of amides is 2. The number of halogens is 1. The Labute approximate surface area is 153 Å². The number of para-hydroxylation sites is 1. The van der Waals surface area contributed by atoms with Crippen molar-refractivity contribution in [1.82, 2.24) is 5.32 Å². The van der Waals surface area contributed by atoms with Gasteiger partial charge in [-0.3, -0.25) is 9.59 Å². The van der Waals surface area contributed by atoms with Crippen molar-refractivity contribution in [3.05, 3.63) is 45.6 Å². The summed E-state index contributed by atoms with van der Waals surface area (Å²) in [6.45, 7) is 0.184. The number of nitrogens with one attached hydrogen (secondary N) is 2. The predicted molar refractivity (Wildman–Crippen MR) is 98.9 cm³/mol. The lowest BCUT2D eigenvalue weighted by molar-refractivity contribution is -0.136. The van der Waals surface area contributed by atoms with Gasteiger partial charge in [-0.2, -0.15) is 0 Å². The highest BCUT2D eigenvalue weighted by Gasteiger charge is 2.19. The molecule has 0 aliphatic rings. The van der Waals surface area contributed by atoms with Gasteiger partial charge in [0.2, 0.25) is 0 Å². The van der Waals surface area contributed by atoms with Gasteiger partial charge in [-0.05, 0) is 30.5 Å². The summed E-state index contributed by atoms with van der Waals surface area (Å²) in [7, 11) is 1.54. The molecular formula is C16H17ClN2O3S2. The maximum atomic E-state index is 12.0. The Morgan fingerprint density at radius 3 is 2.62 bits per heavy atom. The first-order valence-electron chi connectivity index (χ1n) is 7.05. The van der Waals surface area contributed by atoms with Crippen LogP contribution in [0.15, 0.2) is 41.3 Å². The molecule has 0 saturated heterocycles. The van der Waals surface area contributed by atoms with Crippen LogP contribution in [0.1, 0.15) is 11.0 Å². The Bertz CT molecular complexity index is 721. The van der Waals surface area contributed by atoms with E-state index in [1.807, 2.05) is 24.5 Å². The monoisotopic (exact) mass is 384 g/mol. The van der Waals surface area contributed by atoms with E-state index in [-0.39, 0.29) is 12.6 Å². The van der Waals surface area contributed by atoms with E-state index >= 15 is 0 Å². The van der Waals surface area contributed by atoms with Gasteiger partial charge in [-0.25, -0.2) is 0 Å². The minimum Gasteiger partial charge on any atom is -0.374 e. The van der Waals surface area contributed by atoms with Gasteiger partial charge in [0, 0.05) is 23.4 Å². The number of thiophene rings is 1. The standard InChI is InChI=1S/C16H17ClN2O3S2/c1-22-11(13-7-8-14(17)24-13)9-18-15(20)16(21)19-10-5-3-4-6-12(10)23-2/h3-8,11H,9H2,1-2H3,(H,18,20)(H,19,21)/t11-/m0/s1. The summed E-state index contributed by atoms with van der Waals surface area (Å²) in [4.78, 5) is 25.8. The molecule has 1 atom stereocenters. The van der Waals surface area contributed by atoms with Crippen LogP contribution in [0.25, 0.3) is 0 Å². The molecule has 1 heterocycles. The summed E-state index contributed by atoms with van der Waals surface area (Å²) in [6, 6.07) is 10.9. The molecule has 2 N–H and O–H groups in total. The lowest BCUT2D eigenvalue weighted by atomic mass is 10.3. The molecule has 0 fully saturated rings. The average molecular weight is 385 g/mol. The fourth-order valence-corrected chi connectivity index (χ4v) is 3.69. The number of methoxy groups -OCH3 is 1. The van der Waals surface area contributed by atoms with Crippen LogP contribution in [-0.2, 0) is 14.3 Å². The van der Waals surface area contributed by atoms with Crippen molar-refractivity contribution in [2.75, 3.05) is 25.2 Å². The van der Waals surface area contributed by atoms with Crippen LogP contribution >= 0.6 is 34.7 Å². The van der Waals surface area contributed by atoms with Crippen molar-refractivity contribution in [1.29, 1.82) is 0 Å². The molecule has 5 nitrogen and oxygen atoms in total. The third-order valence-electron chi connectivity index (χ3n) is 3.21. The van der Waals surface area contributed by atoms with E-state index in [1.54, 1.807) is 25.3 Å². The minimum atomic E-state index is -0.712. The molecular weight excluding hydrogens is 368 g/mol. The predicted octanol–water partition coefficient (Wildman–Crippen LogP) is 3.57. The van der Waals surface area contributed by atoms with Crippen LogP contribution in [0.2, 0.25) is 4.34 Å². The second kappa shape index (κ2) is 9.08. The van der Waals surface area contributed by atoms with Crippen molar-refractivity contribution in [3.8, 4) is 0 Å². The Morgan fingerprint density at radius 1 is 1.25 bits per heavy atom. The molecule has 0 bridgehead atoms. The smallest absolute Gasteiger partial charge is 0.313 e. The number of rotatable bonds is 6. The molecule has 24 heavy (non-hydrogen) atoms. The molecule has 0 unspecified atom stereocenters. The third kappa shape index (κ3) is 4.98. The van der Waals surface area contributed by atoms with Gasteiger partial charge in [0.25, 0.3) is 0 Å². The molecule has 0 saturated carbocycles. The largest absolute Gasteiger partial charge is 0.374 e. The SMILES string of the molecule is CO[C@@H](CNC(=O)C(=O)Nc1ccccc1SC)c1ccc(Cl)s1. The lowest BCUT2D eigenvalue weighted by Gasteiger charge is -2.14. The first kappa shape index (κ1) is 18.8. The minimum absolute atomic E-state index is 0.184. The van der Waals surface area contributed by atoms with Gasteiger partial charge < -0.3 is 15.4 Å². The van der Waals surface area contributed by atoms with Crippen LogP contribution in [0.5, 0.6) is 0 Å². The van der Waals surface area contributed by atoms with Gasteiger partial charge in [0.05, 0.1) is 10.0 Å². The zero-order chi connectivity index (χ0) is 17.5. The molecule has 0 aliphatic carbocycles. The number of benzene rings is 1. The number of carbonyl (C=O) groups excluding carboxylic acids is 2. The highest BCUT2D eigenvalue weighted by atomic mass is 35.5. The van der Waals surface area contributed by atoms with Crippen molar-refractivity contribution in [2.24, 2.45) is 0 Å². The van der Waals surface area contributed by atoms with Gasteiger partial charge in [-0.15, -0.1) is 23.1 Å². The molecule has 8 heteroatoms. The molecule has 128 valence electrons. The third-order valence-corrected chi connectivity index (χ3v) is 5.32. The first-order valence-corrected chi connectivity index (χ1v) is 9.47. The van der Waals surface area contributed by atoms with Gasteiger partial charge in [0.1, 0.15) is 6.10 Å². The van der Waals surface area contributed by atoms with Crippen LogP contribution in [0.3, 0.4) is 0 Å². The maximum Gasteiger partial charge on any atom is 0.313 e. The summed E-state index contributed by atoms with van der Waals surface area (Å²) in [5, 5.41) is 5.20. The van der Waals surface area contributed by atoms with Crippen molar-refractivity contribution in [3.63, 3.8) is 0 Å². The summed E-state index contributed by atoms with van der Waals surface area (Å²) in [6.07, 6.45) is 1.55. The summed E-state index contributed by atoms with van der Waals surface area (Å²) in [5.74, 6) is -1.42.